The molecular formula is C11H19N3O2. The number of likely N-dealkylation sites (N-methyl/N-ethyl adjacent to an activating group) is 1. The zero-order valence-electron chi connectivity index (χ0n) is 9.90. The minimum Gasteiger partial charge on any atom is -0.377 e. The molecule has 5 nitrogen and oxygen atoms in total. The lowest BCUT2D eigenvalue weighted by Gasteiger charge is -2.11. The summed E-state index contributed by atoms with van der Waals surface area (Å²) in [6.45, 7) is 3.80. The molecule has 1 aromatic rings. The van der Waals surface area contributed by atoms with E-state index in [0.717, 1.165) is 44.1 Å². The third-order valence-electron chi connectivity index (χ3n) is 3.01. The first kappa shape index (κ1) is 11.5. The molecule has 1 aliphatic rings. The molecule has 2 heterocycles. The molecule has 0 saturated carbocycles. The summed E-state index contributed by atoms with van der Waals surface area (Å²) in [4.78, 5) is 4.43. The molecular weight excluding hydrogens is 206 g/mol. The van der Waals surface area contributed by atoms with Crippen molar-refractivity contribution in [2.75, 3.05) is 20.2 Å². The van der Waals surface area contributed by atoms with Crippen LogP contribution in [0.15, 0.2) is 4.52 Å². The number of rotatable bonds is 5. The average molecular weight is 225 g/mol. The van der Waals surface area contributed by atoms with E-state index in [4.69, 9.17) is 9.26 Å². The Morgan fingerprint density at radius 3 is 3.12 bits per heavy atom. The van der Waals surface area contributed by atoms with Gasteiger partial charge in [0, 0.05) is 19.6 Å². The zero-order valence-corrected chi connectivity index (χ0v) is 9.90. The maximum Gasteiger partial charge on any atom is 0.232 e. The highest BCUT2D eigenvalue weighted by atomic mass is 16.5. The van der Waals surface area contributed by atoms with E-state index in [-0.39, 0.29) is 6.10 Å². The Morgan fingerprint density at radius 1 is 1.50 bits per heavy atom. The summed E-state index contributed by atoms with van der Waals surface area (Å²) < 4.78 is 10.9. The van der Waals surface area contributed by atoms with Gasteiger partial charge in [0.05, 0.1) is 12.0 Å². The van der Waals surface area contributed by atoms with Crippen LogP contribution in [0.25, 0.3) is 0 Å². The number of nitrogens with one attached hydrogen (secondary N) is 1. The van der Waals surface area contributed by atoms with Crippen LogP contribution in [-0.4, -0.2) is 36.4 Å². The Bertz CT molecular complexity index is 327. The van der Waals surface area contributed by atoms with Gasteiger partial charge in [0.1, 0.15) is 0 Å². The molecule has 0 amide bonds. The maximum atomic E-state index is 5.62. The van der Waals surface area contributed by atoms with Gasteiger partial charge in [-0.05, 0) is 19.9 Å². The van der Waals surface area contributed by atoms with Gasteiger partial charge >= 0.3 is 0 Å². The summed E-state index contributed by atoms with van der Waals surface area (Å²) >= 11 is 0. The van der Waals surface area contributed by atoms with Crippen molar-refractivity contribution in [3.05, 3.63) is 11.7 Å². The van der Waals surface area contributed by atoms with E-state index in [1.807, 2.05) is 7.05 Å². The zero-order chi connectivity index (χ0) is 11.4. The third kappa shape index (κ3) is 2.41. The van der Waals surface area contributed by atoms with Crippen LogP contribution in [-0.2, 0) is 11.2 Å². The topological polar surface area (TPSA) is 60.2 Å². The van der Waals surface area contributed by atoms with Gasteiger partial charge in [0.25, 0.3) is 0 Å². The van der Waals surface area contributed by atoms with E-state index in [1.165, 1.54) is 0 Å². The smallest absolute Gasteiger partial charge is 0.232 e. The minimum absolute atomic E-state index is 0.248. The largest absolute Gasteiger partial charge is 0.377 e. The van der Waals surface area contributed by atoms with E-state index in [0.29, 0.717) is 5.92 Å². The van der Waals surface area contributed by atoms with Crippen molar-refractivity contribution >= 4 is 0 Å². The Morgan fingerprint density at radius 2 is 2.38 bits per heavy atom. The molecule has 5 heteroatoms. The van der Waals surface area contributed by atoms with Gasteiger partial charge in [-0.2, -0.15) is 4.98 Å². The van der Waals surface area contributed by atoms with Crippen LogP contribution in [0.5, 0.6) is 0 Å². The van der Waals surface area contributed by atoms with Gasteiger partial charge in [0.15, 0.2) is 5.82 Å². The molecule has 2 unspecified atom stereocenters. The Labute approximate surface area is 95.6 Å². The van der Waals surface area contributed by atoms with Gasteiger partial charge in [-0.1, -0.05) is 12.1 Å². The van der Waals surface area contributed by atoms with E-state index in [1.54, 1.807) is 0 Å². The van der Waals surface area contributed by atoms with Gasteiger partial charge in [-0.15, -0.1) is 0 Å². The Kier molecular flexibility index (Phi) is 3.90. The van der Waals surface area contributed by atoms with Crippen LogP contribution in [0, 0.1) is 0 Å². The standard InChI is InChI=1S/C11H19N3O2/c1-3-9-8(5-7-15-9)11-13-10(14-16-11)4-6-12-2/h8-9,12H,3-7H2,1-2H3. The molecule has 2 atom stereocenters. The third-order valence-corrected chi connectivity index (χ3v) is 3.01. The Balaban J connectivity index is 2.00. The predicted molar refractivity (Wildman–Crippen MR) is 59.3 cm³/mol. The van der Waals surface area contributed by atoms with Crippen molar-refractivity contribution in [1.29, 1.82) is 0 Å². The first-order valence-electron chi connectivity index (χ1n) is 5.93. The number of aromatic nitrogens is 2. The highest BCUT2D eigenvalue weighted by Gasteiger charge is 2.32. The minimum atomic E-state index is 0.248. The van der Waals surface area contributed by atoms with Gasteiger partial charge in [-0.3, -0.25) is 0 Å². The second-order valence-electron chi connectivity index (χ2n) is 4.12. The van der Waals surface area contributed by atoms with Crippen LogP contribution in [0.2, 0.25) is 0 Å². The lowest BCUT2D eigenvalue weighted by Crippen LogP contribution is -2.14. The highest BCUT2D eigenvalue weighted by Crippen LogP contribution is 2.31. The van der Waals surface area contributed by atoms with Crippen LogP contribution in [0.4, 0.5) is 0 Å². The molecule has 90 valence electrons. The summed E-state index contributed by atoms with van der Waals surface area (Å²) in [7, 11) is 1.92. The van der Waals surface area contributed by atoms with Gasteiger partial charge < -0.3 is 14.6 Å². The fourth-order valence-corrected chi connectivity index (χ4v) is 2.09. The second kappa shape index (κ2) is 5.41. The molecule has 1 aromatic heterocycles. The molecule has 1 saturated heterocycles. The average Bonchev–Trinajstić information content (AvgIpc) is 2.94. The normalized spacial score (nSPS) is 25.1. The summed E-state index contributed by atoms with van der Waals surface area (Å²) in [5.41, 5.74) is 0. The van der Waals surface area contributed by atoms with Gasteiger partial charge in [-0.25, -0.2) is 0 Å². The second-order valence-corrected chi connectivity index (χ2v) is 4.12. The van der Waals surface area contributed by atoms with Crippen molar-refractivity contribution < 1.29 is 9.26 Å². The molecule has 0 spiro atoms. The molecule has 0 aliphatic carbocycles. The first-order chi connectivity index (χ1) is 7.85. The molecule has 0 radical (unpaired) electrons. The van der Waals surface area contributed by atoms with E-state index in [2.05, 4.69) is 22.4 Å². The quantitative estimate of drug-likeness (QED) is 0.813. The summed E-state index contributed by atoms with van der Waals surface area (Å²) in [6.07, 6.45) is 3.05. The monoisotopic (exact) mass is 225 g/mol. The molecule has 1 fully saturated rings. The highest BCUT2D eigenvalue weighted by molar-refractivity contribution is 5.00. The van der Waals surface area contributed by atoms with E-state index in [9.17, 15) is 0 Å². The summed E-state index contributed by atoms with van der Waals surface area (Å²) in [5.74, 6) is 1.82. The SMILES string of the molecule is CCC1OCCC1c1nc(CCNC)no1. The first-order valence-corrected chi connectivity index (χ1v) is 5.93. The van der Waals surface area contributed by atoms with Crippen molar-refractivity contribution in [2.45, 2.75) is 38.2 Å². The van der Waals surface area contributed by atoms with E-state index >= 15 is 0 Å². The van der Waals surface area contributed by atoms with Crippen molar-refractivity contribution in [2.24, 2.45) is 0 Å². The van der Waals surface area contributed by atoms with Crippen LogP contribution in [0.3, 0.4) is 0 Å². The number of hydrogen-bond acceptors (Lipinski definition) is 5. The molecule has 1 aliphatic heterocycles. The summed E-state index contributed by atoms with van der Waals surface area (Å²) in [6, 6.07) is 0. The number of nitrogens with zero attached hydrogens (tertiary/aromatic N) is 2. The molecule has 1 N–H and O–H groups in total. The summed E-state index contributed by atoms with van der Waals surface area (Å²) in [5, 5.41) is 7.05. The lowest BCUT2D eigenvalue weighted by atomic mass is 10.00. The van der Waals surface area contributed by atoms with Crippen LogP contribution >= 0.6 is 0 Å². The van der Waals surface area contributed by atoms with Crippen LogP contribution in [0.1, 0.15) is 37.4 Å². The fraction of sp³-hybridized carbons (Fsp3) is 0.818. The molecule has 16 heavy (non-hydrogen) atoms. The van der Waals surface area contributed by atoms with Crippen LogP contribution < -0.4 is 5.32 Å². The lowest BCUT2D eigenvalue weighted by molar-refractivity contribution is 0.0953. The van der Waals surface area contributed by atoms with Gasteiger partial charge in [0.2, 0.25) is 5.89 Å². The molecule has 0 aromatic carbocycles. The predicted octanol–water partition coefficient (Wildman–Crippen LogP) is 1.11. The maximum absolute atomic E-state index is 5.62. The van der Waals surface area contributed by atoms with Crippen molar-refractivity contribution in [3.8, 4) is 0 Å². The van der Waals surface area contributed by atoms with E-state index < -0.39 is 0 Å². The number of ether oxygens (including phenoxy) is 1. The molecule has 0 bridgehead atoms. The number of hydrogen-bond donors (Lipinski definition) is 1. The fourth-order valence-electron chi connectivity index (χ4n) is 2.09. The van der Waals surface area contributed by atoms with Crippen molar-refractivity contribution in [3.63, 3.8) is 0 Å². The Hall–Kier alpha value is -0.940. The molecule has 2 rings (SSSR count). The van der Waals surface area contributed by atoms with Crippen molar-refractivity contribution in [1.82, 2.24) is 15.5 Å².